The van der Waals surface area contributed by atoms with Crippen molar-refractivity contribution in [3.8, 4) is 6.07 Å². The molecule has 0 aliphatic carbocycles. The predicted molar refractivity (Wildman–Crippen MR) is 66.3 cm³/mol. The molecule has 0 aromatic heterocycles. The number of piperazine rings is 1. The summed E-state index contributed by atoms with van der Waals surface area (Å²) in [6.07, 6.45) is 0. The van der Waals surface area contributed by atoms with Gasteiger partial charge in [0.2, 0.25) is 5.91 Å². The van der Waals surface area contributed by atoms with Gasteiger partial charge in [0.05, 0.1) is 12.1 Å². The lowest BCUT2D eigenvalue weighted by Gasteiger charge is -2.35. The predicted octanol–water partition coefficient (Wildman–Crippen LogP) is -0.0555. The van der Waals surface area contributed by atoms with Gasteiger partial charge in [0.15, 0.2) is 0 Å². The number of amides is 1. The van der Waals surface area contributed by atoms with Crippen molar-refractivity contribution in [2.45, 2.75) is 32.9 Å². The summed E-state index contributed by atoms with van der Waals surface area (Å²) in [7, 11) is 0. The summed E-state index contributed by atoms with van der Waals surface area (Å²) in [5.74, 6) is 0.460. The normalized spacial score (nSPS) is 23.1. The van der Waals surface area contributed by atoms with Gasteiger partial charge < -0.3 is 10.6 Å². The molecule has 0 saturated carbocycles. The highest BCUT2D eigenvalue weighted by Crippen LogP contribution is 2.08. The van der Waals surface area contributed by atoms with Gasteiger partial charge in [-0.1, -0.05) is 13.8 Å². The lowest BCUT2D eigenvalue weighted by molar-refractivity contribution is -0.126. The molecule has 0 aromatic rings. The minimum atomic E-state index is -0.236. The maximum Gasteiger partial charge on any atom is 0.237 e. The van der Waals surface area contributed by atoms with Crippen LogP contribution in [0.1, 0.15) is 20.8 Å². The van der Waals surface area contributed by atoms with Crippen LogP contribution in [0, 0.1) is 17.2 Å². The fourth-order valence-electron chi connectivity index (χ4n) is 1.91. The molecule has 1 fully saturated rings. The Hall–Kier alpha value is -1.12. The van der Waals surface area contributed by atoms with Crippen molar-refractivity contribution < 1.29 is 4.79 Å². The maximum atomic E-state index is 11.9. The van der Waals surface area contributed by atoms with E-state index in [1.165, 1.54) is 0 Å². The zero-order valence-corrected chi connectivity index (χ0v) is 10.9. The van der Waals surface area contributed by atoms with Gasteiger partial charge in [-0.25, -0.2) is 0 Å². The van der Waals surface area contributed by atoms with Crippen LogP contribution in [0.3, 0.4) is 0 Å². The first kappa shape index (κ1) is 13.9. The Morgan fingerprint density at radius 3 is 2.88 bits per heavy atom. The SMILES string of the molecule is CC(C)CNC(=O)C(C)N1CCNCC1C#N. The molecule has 0 aromatic carbocycles. The van der Waals surface area contributed by atoms with Crippen molar-refractivity contribution in [1.29, 1.82) is 5.26 Å². The van der Waals surface area contributed by atoms with Gasteiger partial charge in [-0.15, -0.1) is 0 Å². The molecule has 2 atom stereocenters. The smallest absolute Gasteiger partial charge is 0.237 e. The van der Waals surface area contributed by atoms with Crippen LogP contribution in [0.5, 0.6) is 0 Å². The molecule has 0 spiro atoms. The van der Waals surface area contributed by atoms with Crippen molar-refractivity contribution in [2.24, 2.45) is 5.92 Å². The maximum absolute atomic E-state index is 11.9. The van der Waals surface area contributed by atoms with Gasteiger partial charge in [-0.05, 0) is 12.8 Å². The lowest BCUT2D eigenvalue weighted by atomic mass is 10.1. The first-order chi connectivity index (χ1) is 8.06. The number of hydrogen-bond acceptors (Lipinski definition) is 4. The fourth-order valence-corrected chi connectivity index (χ4v) is 1.91. The number of carbonyl (C=O) groups excluding carboxylic acids is 1. The van der Waals surface area contributed by atoms with Gasteiger partial charge >= 0.3 is 0 Å². The summed E-state index contributed by atoms with van der Waals surface area (Å²) >= 11 is 0. The average Bonchev–Trinajstić information content (AvgIpc) is 2.34. The largest absolute Gasteiger partial charge is 0.354 e. The van der Waals surface area contributed by atoms with Crippen molar-refractivity contribution in [2.75, 3.05) is 26.2 Å². The topological polar surface area (TPSA) is 68.2 Å². The molecule has 0 radical (unpaired) electrons. The van der Waals surface area contributed by atoms with E-state index in [-0.39, 0.29) is 18.0 Å². The molecule has 1 aliphatic heterocycles. The molecule has 1 amide bonds. The quantitative estimate of drug-likeness (QED) is 0.720. The van der Waals surface area contributed by atoms with Crippen LogP contribution in [0.25, 0.3) is 0 Å². The van der Waals surface area contributed by atoms with E-state index < -0.39 is 0 Å². The molecule has 1 heterocycles. The van der Waals surface area contributed by atoms with Gasteiger partial charge in [-0.3, -0.25) is 9.69 Å². The van der Waals surface area contributed by atoms with Gasteiger partial charge in [0, 0.05) is 26.2 Å². The second kappa shape index (κ2) is 6.58. The molecule has 96 valence electrons. The van der Waals surface area contributed by atoms with Crippen LogP contribution in [-0.4, -0.2) is 49.1 Å². The third-order valence-electron chi connectivity index (χ3n) is 3.00. The highest BCUT2D eigenvalue weighted by atomic mass is 16.2. The van der Waals surface area contributed by atoms with Crippen molar-refractivity contribution in [3.63, 3.8) is 0 Å². The van der Waals surface area contributed by atoms with E-state index in [9.17, 15) is 4.79 Å². The van der Waals surface area contributed by atoms with Gasteiger partial charge in [0.1, 0.15) is 6.04 Å². The molecular weight excluding hydrogens is 216 g/mol. The second-order valence-corrected chi connectivity index (χ2v) is 4.90. The number of rotatable bonds is 4. The zero-order valence-electron chi connectivity index (χ0n) is 10.9. The first-order valence-electron chi connectivity index (χ1n) is 6.20. The zero-order chi connectivity index (χ0) is 12.8. The summed E-state index contributed by atoms with van der Waals surface area (Å²) in [5.41, 5.74) is 0. The number of nitrogens with one attached hydrogen (secondary N) is 2. The Morgan fingerprint density at radius 2 is 2.29 bits per heavy atom. The molecule has 1 rings (SSSR count). The molecule has 1 aliphatic rings. The number of nitriles is 1. The summed E-state index contributed by atoms with van der Waals surface area (Å²) in [4.78, 5) is 13.9. The molecule has 0 bridgehead atoms. The van der Waals surface area contributed by atoms with Crippen LogP contribution < -0.4 is 10.6 Å². The van der Waals surface area contributed by atoms with Crippen LogP contribution in [0.15, 0.2) is 0 Å². The minimum Gasteiger partial charge on any atom is -0.354 e. The van der Waals surface area contributed by atoms with Gasteiger partial charge in [0.25, 0.3) is 0 Å². The molecule has 17 heavy (non-hydrogen) atoms. The molecule has 2 N–H and O–H groups in total. The Balaban J connectivity index is 2.52. The first-order valence-corrected chi connectivity index (χ1v) is 6.20. The van der Waals surface area contributed by atoms with E-state index in [1.54, 1.807) is 0 Å². The van der Waals surface area contributed by atoms with Crippen LogP contribution in [0.4, 0.5) is 0 Å². The van der Waals surface area contributed by atoms with E-state index in [0.29, 0.717) is 19.0 Å². The number of carbonyl (C=O) groups is 1. The Morgan fingerprint density at radius 1 is 1.59 bits per heavy atom. The van der Waals surface area contributed by atoms with E-state index in [1.807, 2.05) is 11.8 Å². The van der Waals surface area contributed by atoms with E-state index in [4.69, 9.17) is 5.26 Å². The second-order valence-electron chi connectivity index (χ2n) is 4.90. The Kier molecular flexibility index (Phi) is 5.39. The third-order valence-corrected chi connectivity index (χ3v) is 3.00. The monoisotopic (exact) mass is 238 g/mol. The van der Waals surface area contributed by atoms with Crippen LogP contribution in [-0.2, 0) is 4.79 Å². The van der Waals surface area contributed by atoms with Crippen molar-refractivity contribution in [3.05, 3.63) is 0 Å². The van der Waals surface area contributed by atoms with Crippen molar-refractivity contribution in [1.82, 2.24) is 15.5 Å². The standard InChI is InChI=1S/C12H22N4O/c1-9(2)7-15-12(17)10(3)16-5-4-14-8-11(16)6-13/h9-11,14H,4-5,7-8H2,1-3H3,(H,15,17). The summed E-state index contributed by atoms with van der Waals surface area (Å²) in [5, 5.41) is 15.1. The minimum absolute atomic E-state index is 0.0147. The van der Waals surface area contributed by atoms with Crippen LogP contribution >= 0.6 is 0 Å². The summed E-state index contributed by atoms with van der Waals surface area (Å²) in [6.45, 7) is 8.90. The average molecular weight is 238 g/mol. The Bertz CT molecular complexity index is 297. The Labute approximate surface area is 103 Å². The van der Waals surface area contributed by atoms with E-state index in [2.05, 4.69) is 30.6 Å². The highest BCUT2D eigenvalue weighted by Gasteiger charge is 2.29. The lowest BCUT2D eigenvalue weighted by Crippen LogP contribution is -2.57. The van der Waals surface area contributed by atoms with E-state index in [0.717, 1.165) is 13.1 Å². The molecular formula is C12H22N4O. The molecule has 2 unspecified atom stereocenters. The van der Waals surface area contributed by atoms with Crippen molar-refractivity contribution >= 4 is 5.91 Å². The van der Waals surface area contributed by atoms with Gasteiger partial charge in [-0.2, -0.15) is 5.26 Å². The number of hydrogen-bond donors (Lipinski definition) is 2. The highest BCUT2D eigenvalue weighted by molar-refractivity contribution is 5.81. The molecule has 5 nitrogen and oxygen atoms in total. The molecule has 5 heteroatoms. The molecule has 1 saturated heterocycles. The summed E-state index contributed by atoms with van der Waals surface area (Å²) in [6, 6.07) is 1.80. The van der Waals surface area contributed by atoms with Crippen LogP contribution in [0.2, 0.25) is 0 Å². The number of nitrogens with zero attached hydrogens (tertiary/aromatic N) is 2. The fraction of sp³-hybridized carbons (Fsp3) is 0.833. The van der Waals surface area contributed by atoms with E-state index >= 15 is 0 Å². The summed E-state index contributed by atoms with van der Waals surface area (Å²) < 4.78 is 0. The third kappa shape index (κ3) is 3.99.